The molecule has 27 heavy (non-hydrogen) atoms. The van der Waals surface area contributed by atoms with Gasteiger partial charge in [-0.25, -0.2) is 0 Å². The van der Waals surface area contributed by atoms with E-state index in [-0.39, 0.29) is 0 Å². The van der Waals surface area contributed by atoms with Crippen molar-refractivity contribution in [1.82, 2.24) is 4.98 Å². The molecule has 3 aromatic rings. The highest BCUT2D eigenvalue weighted by atomic mass is 32.2. The van der Waals surface area contributed by atoms with Crippen LogP contribution in [0.3, 0.4) is 0 Å². The minimum atomic E-state index is -0.635. The number of aromatic amines is 1. The van der Waals surface area contributed by atoms with E-state index >= 15 is 0 Å². The predicted molar refractivity (Wildman–Crippen MR) is 114 cm³/mol. The molecule has 142 valence electrons. The summed E-state index contributed by atoms with van der Waals surface area (Å²) < 4.78 is 5.51. The normalized spacial score (nSPS) is 15.2. The van der Waals surface area contributed by atoms with Crippen LogP contribution < -0.4 is 9.64 Å². The topological polar surface area (TPSA) is 48.5 Å². The number of methoxy groups -OCH3 is 1. The molecule has 0 amide bonds. The summed E-state index contributed by atoms with van der Waals surface area (Å²) >= 11 is 1.75. The number of aromatic nitrogens is 1. The Balaban J connectivity index is 1.76. The molecular formula is C22H26N2O2S. The lowest BCUT2D eigenvalue weighted by Gasteiger charge is -2.47. The summed E-state index contributed by atoms with van der Waals surface area (Å²) in [6, 6.07) is 14.9. The van der Waals surface area contributed by atoms with Crippen molar-refractivity contribution in [3.63, 3.8) is 0 Å². The molecule has 1 saturated heterocycles. The number of aliphatic hydroxyl groups is 1. The second-order valence-corrected chi connectivity index (χ2v) is 8.63. The van der Waals surface area contributed by atoms with Gasteiger partial charge in [0, 0.05) is 46.2 Å². The van der Waals surface area contributed by atoms with Crippen LogP contribution in [-0.2, 0) is 0 Å². The van der Waals surface area contributed by atoms with Crippen molar-refractivity contribution in [3.05, 3.63) is 42.5 Å². The average molecular weight is 383 g/mol. The number of H-pyrrole nitrogens is 1. The van der Waals surface area contributed by atoms with Crippen LogP contribution in [0.5, 0.6) is 5.75 Å². The van der Waals surface area contributed by atoms with Gasteiger partial charge in [-0.1, -0.05) is 12.1 Å². The van der Waals surface area contributed by atoms with Crippen LogP contribution in [0.1, 0.15) is 13.8 Å². The largest absolute Gasteiger partial charge is 0.495 e. The molecule has 2 aromatic carbocycles. The second-order valence-electron chi connectivity index (χ2n) is 7.75. The zero-order chi connectivity index (χ0) is 19.2. The first kappa shape index (κ1) is 18.3. The van der Waals surface area contributed by atoms with E-state index in [1.165, 1.54) is 16.1 Å². The van der Waals surface area contributed by atoms with Gasteiger partial charge >= 0.3 is 0 Å². The maximum absolute atomic E-state index is 10.3. The highest BCUT2D eigenvalue weighted by Gasteiger charge is 2.38. The number of nitrogens with zero attached hydrogens (tertiary/aromatic N) is 1. The molecule has 5 heteroatoms. The third-order valence-electron chi connectivity index (χ3n) is 5.55. The molecule has 0 atom stereocenters. The summed E-state index contributed by atoms with van der Waals surface area (Å²) in [6.07, 6.45) is 2.10. The molecule has 1 fully saturated rings. The quantitative estimate of drug-likeness (QED) is 0.624. The van der Waals surface area contributed by atoms with E-state index in [9.17, 15) is 5.11 Å². The van der Waals surface area contributed by atoms with Gasteiger partial charge in [0.2, 0.25) is 0 Å². The first-order valence-electron chi connectivity index (χ1n) is 9.22. The number of benzene rings is 2. The van der Waals surface area contributed by atoms with Gasteiger partial charge < -0.3 is 19.7 Å². The molecule has 0 bridgehead atoms. The molecule has 2 heterocycles. The number of anilines is 1. The van der Waals surface area contributed by atoms with Gasteiger partial charge in [-0.15, -0.1) is 11.8 Å². The van der Waals surface area contributed by atoms with E-state index in [1.807, 2.05) is 26.0 Å². The molecule has 4 rings (SSSR count). The van der Waals surface area contributed by atoms with Crippen LogP contribution in [0, 0.1) is 5.92 Å². The van der Waals surface area contributed by atoms with Crippen molar-refractivity contribution in [2.75, 3.05) is 31.4 Å². The van der Waals surface area contributed by atoms with Crippen LogP contribution >= 0.6 is 11.8 Å². The van der Waals surface area contributed by atoms with Gasteiger partial charge in [-0.3, -0.25) is 0 Å². The van der Waals surface area contributed by atoms with Crippen molar-refractivity contribution in [3.8, 4) is 17.0 Å². The predicted octanol–water partition coefficient (Wildman–Crippen LogP) is 4.77. The van der Waals surface area contributed by atoms with E-state index in [4.69, 9.17) is 4.74 Å². The standard InChI is InChI=1S/C22H26N2O2S/c1-22(2,25)15-12-24(13-15)19-9-8-16(27-4)11-17(19)18-10-14-6-5-7-20(26-3)21(14)23-18/h5-11,15,23,25H,12-13H2,1-4H3. The first-order valence-corrected chi connectivity index (χ1v) is 10.4. The summed E-state index contributed by atoms with van der Waals surface area (Å²) in [6.45, 7) is 5.55. The number of fused-ring (bicyclic) bond motifs is 1. The van der Waals surface area contributed by atoms with E-state index in [1.54, 1.807) is 18.9 Å². The van der Waals surface area contributed by atoms with Gasteiger partial charge in [-0.05, 0) is 50.4 Å². The van der Waals surface area contributed by atoms with Gasteiger partial charge in [0.15, 0.2) is 0 Å². The van der Waals surface area contributed by atoms with E-state index in [0.717, 1.165) is 35.4 Å². The zero-order valence-electron chi connectivity index (χ0n) is 16.2. The summed E-state index contributed by atoms with van der Waals surface area (Å²) in [5.41, 5.74) is 3.87. The first-order chi connectivity index (χ1) is 12.9. The fourth-order valence-electron chi connectivity index (χ4n) is 3.70. The second kappa shape index (κ2) is 6.80. The molecule has 1 aliphatic rings. The number of para-hydroxylation sites is 1. The zero-order valence-corrected chi connectivity index (χ0v) is 17.1. The average Bonchev–Trinajstić information content (AvgIpc) is 3.03. The van der Waals surface area contributed by atoms with E-state index < -0.39 is 5.60 Å². The van der Waals surface area contributed by atoms with Crippen molar-refractivity contribution < 1.29 is 9.84 Å². The van der Waals surface area contributed by atoms with Crippen molar-refractivity contribution in [2.45, 2.75) is 24.3 Å². The lowest BCUT2D eigenvalue weighted by Crippen LogP contribution is -2.56. The number of nitrogens with one attached hydrogen (secondary N) is 1. The molecule has 0 aliphatic carbocycles. The molecule has 0 unspecified atom stereocenters. The van der Waals surface area contributed by atoms with Gasteiger partial charge in [0.1, 0.15) is 5.75 Å². The Morgan fingerprint density at radius 3 is 2.63 bits per heavy atom. The van der Waals surface area contributed by atoms with E-state index in [0.29, 0.717) is 5.92 Å². The molecule has 1 aliphatic heterocycles. The molecule has 0 radical (unpaired) electrons. The number of rotatable bonds is 5. The van der Waals surface area contributed by atoms with Crippen LogP contribution in [-0.4, -0.2) is 42.1 Å². The number of hydrogen-bond acceptors (Lipinski definition) is 4. The Morgan fingerprint density at radius 2 is 1.96 bits per heavy atom. The van der Waals surface area contributed by atoms with Crippen LogP contribution in [0.4, 0.5) is 5.69 Å². The van der Waals surface area contributed by atoms with Crippen molar-refractivity contribution in [1.29, 1.82) is 0 Å². The summed E-state index contributed by atoms with van der Waals surface area (Å²) in [4.78, 5) is 7.14. The Bertz CT molecular complexity index is 968. The highest BCUT2D eigenvalue weighted by Crippen LogP contribution is 2.40. The fourth-order valence-corrected chi connectivity index (χ4v) is 4.14. The number of hydrogen-bond donors (Lipinski definition) is 2. The maximum Gasteiger partial charge on any atom is 0.142 e. The number of ether oxygens (including phenoxy) is 1. The van der Waals surface area contributed by atoms with Crippen molar-refractivity contribution in [2.24, 2.45) is 5.92 Å². The molecule has 2 N–H and O–H groups in total. The third-order valence-corrected chi connectivity index (χ3v) is 6.28. The lowest BCUT2D eigenvalue weighted by atomic mass is 9.83. The van der Waals surface area contributed by atoms with Gasteiger partial charge in [0.25, 0.3) is 0 Å². The summed E-state index contributed by atoms with van der Waals surface area (Å²) in [5.74, 6) is 1.15. The van der Waals surface area contributed by atoms with E-state index in [2.05, 4.69) is 46.5 Å². The molecule has 4 nitrogen and oxygen atoms in total. The maximum atomic E-state index is 10.3. The SMILES string of the molecule is COc1cccc2cc(-c3cc(SC)ccc3N3CC(C(C)(C)O)C3)[nH]c12. The third kappa shape index (κ3) is 3.30. The smallest absolute Gasteiger partial charge is 0.142 e. The summed E-state index contributed by atoms with van der Waals surface area (Å²) in [5, 5.41) is 11.4. The minimum absolute atomic E-state index is 0.299. The Labute approximate surface area is 164 Å². The van der Waals surface area contributed by atoms with Gasteiger partial charge in [0.05, 0.1) is 18.2 Å². The molecule has 0 saturated carbocycles. The Kier molecular flexibility index (Phi) is 4.60. The van der Waals surface area contributed by atoms with Crippen molar-refractivity contribution >= 4 is 28.4 Å². The minimum Gasteiger partial charge on any atom is -0.495 e. The summed E-state index contributed by atoms with van der Waals surface area (Å²) in [7, 11) is 1.70. The van der Waals surface area contributed by atoms with Gasteiger partial charge in [-0.2, -0.15) is 0 Å². The lowest BCUT2D eigenvalue weighted by molar-refractivity contribution is 0.00462. The Morgan fingerprint density at radius 1 is 1.19 bits per heavy atom. The monoisotopic (exact) mass is 382 g/mol. The number of thioether (sulfide) groups is 1. The highest BCUT2D eigenvalue weighted by molar-refractivity contribution is 7.98. The molecule has 1 aromatic heterocycles. The van der Waals surface area contributed by atoms with Crippen LogP contribution in [0.25, 0.3) is 22.2 Å². The fraction of sp³-hybridized carbons (Fsp3) is 0.364. The molecular weight excluding hydrogens is 356 g/mol. The Hall–Kier alpha value is -2.11. The van der Waals surface area contributed by atoms with Crippen LogP contribution in [0.2, 0.25) is 0 Å². The molecule has 0 spiro atoms. The van der Waals surface area contributed by atoms with Crippen LogP contribution in [0.15, 0.2) is 47.4 Å².